The Bertz CT molecular complexity index is 307. The van der Waals surface area contributed by atoms with Gasteiger partial charge in [0.1, 0.15) is 0 Å². The van der Waals surface area contributed by atoms with Crippen LogP contribution in [0.1, 0.15) is 42.8 Å². The van der Waals surface area contributed by atoms with E-state index in [1.165, 1.54) is 12.0 Å². The molecule has 0 aliphatic heterocycles. The zero-order chi connectivity index (χ0) is 9.26. The Morgan fingerprint density at radius 2 is 2.38 bits per heavy atom. The van der Waals surface area contributed by atoms with E-state index in [-0.39, 0.29) is 6.04 Å². The van der Waals surface area contributed by atoms with Crippen LogP contribution in [0.2, 0.25) is 0 Å². The van der Waals surface area contributed by atoms with Gasteiger partial charge in [-0.1, -0.05) is 13.0 Å². The Kier molecular flexibility index (Phi) is 2.32. The molecule has 1 atom stereocenters. The van der Waals surface area contributed by atoms with Crippen molar-refractivity contribution in [2.45, 2.75) is 38.6 Å². The fraction of sp³-hybridized carbons (Fsp3) is 0.545. The van der Waals surface area contributed by atoms with Gasteiger partial charge in [-0.3, -0.25) is 4.98 Å². The van der Waals surface area contributed by atoms with Gasteiger partial charge in [0.15, 0.2) is 0 Å². The number of aromatic nitrogens is 1. The Morgan fingerprint density at radius 3 is 3.15 bits per heavy atom. The lowest BCUT2D eigenvalue weighted by Crippen LogP contribution is -2.19. The number of nitrogens with two attached hydrogens (primary N) is 1. The largest absolute Gasteiger partial charge is 0.323 e. The zero-order valence-electron chi connectivity index (χ0n) is 8.09. The Morgan fingerprint density at radius 1 is 1.54 bits per heavy atom. The van der Waals surface area contributed by atoms with Crippen LogP contribution in [0, 0.1) is 0 Å². The predicted octanol–water partition coefficient (Wildman–Crippen LogP) is 1.98. The van der Waals surface area contributed by atoms with E-state index in [2.05, 4.69) is 24.0 Å². The van der Waals surface area contributed by atoms with Crippen LogP contribution in [-0.2, 0) is 12.8 Å². The molecule has 2 rings (SSSR count). The molecule has 0 radical (unpaired) electrons. The van der Waals surface area contributed by atoms with E-state index in [1.54, 1.807) is 0 Å². The molecule has 1 unspecified atom stereocenters. The van der Waals surface area contributed by atoms with Crippen molar-refractivity contribution in [1.82, 2.24) is 4.98 Å². The molecule has 0 fully saturated rings. The van der Waals surface area contributed by atoms with Crippen molar-refractivity contribution < 1.29 is 0 Å². The second-order valence-corrected chi connectivity index (χ2v) is 3.70. The van der Waals surface area contributed by atoms with E-state index in [0.717, 1.165) is 30.7 Å². The van der Waals surface area contributed by atoms with Crippen molar-refractivity contribution in [1.29, 1.82) is 0 Å². The first-order valence-electron chi connectivity index (χ1n) is 5.05. The topological polar surface area (TPSA) is 38.9 Å². The second kappa shape index (κ2) is 3.46. The molecule has 1 aromatic heterocycles. The van der Waals surface area contributed by atoms with Crippen LogP contribution < -0.4 is 5.73 Å². The maximum Gasteiger partial charge on any atom is 0.0606 e. The second-order valence-electron chi connectivity index (χ2n) is 3.70. The van der Waals surface area contributed by atoms with E-state index >= 15 is 0 Å². The first-order chi connectivity index (χ1) is 6.31. The quantitative estimate of drug-likeness (QED) is 0.710. The van der Waals surface area contributed by atoms with Gasteiger partial charge in [0.2, 0.25) is 0 Å². The van der Waals surface area contributed by atoms with Crippen LogP contribution >= 0.6 is 0 Å². The van der Waals surface area contributed by atoms with Crippen LogP contribution in [-0.4, -0.2) is 4.98 Å². The lowest BCUT2D eigenvalue weighted by atomic mass is 9.92. The molecule has 0 amide bonds. The molecule has 1 aromatic rings. The summed E-state index contributed by atoms with van der Waals surface area (Å²) >= 11 is 0. The van der Waals surface area contributed by atoms with Crippen molar-refractivity contribution in [3.63, 3.8) is 0 Å². The van der Waals surface area contributed by atoms with Gasteiger partial charge in [0, 0.05) is 11.7 Å². The summed E-state index contributed by atoms with van der Waals surface area (Å²) in [6, 6.07) is 4.49. The van der Waals surface area contributed by atoms with Crippen molar-refractivity contribution in [2.24, 2.45) is 5.73 Å². The van der Waals surface area contributed by atoms with Crippen LogP contribution in [0.5, 0.6) is 0 Å². The molecule has 1 aliphatic rings. The molecular formula is C11H16N2. The molecule has 2 heteroatoms. The minimum atomic E-state index is 0.176. The minimum Gasteiger partial charge on any atom is -0.323 e. The fourth-order valence-electron chi connectivity index (χ4n) is 1.92. The average Bonchev–Trinajstić information content (AvgIpc) is 2.18. The highest BCUT2D eigenvalue weighted by molar-refractivity contribution is 5.27. The van der Waals surface area contributed by atoms with Gasteiger partial charge in [0.25, 0.3) is 0 Å². The van der Waals surface area contributed by atoms with E-state index in [1.807, 2.05) is 0 Å². The van der Waals surface area contributed by atoms with E-state index < -0.39 is 0 Å². The normalized spacial score (nSPS) is 21.2. The summed E-state index contributed by atoms with van der Waals surface area (Å²) < 4.78 is 0. The van der Waals surface area contributed by atoms with Crippen molar-refractivity contribution in [3.8, 4) is 0 Å². The fourth-order valence-corrected chi connectivity index (χ4v) is 1.92. The van der Waals surface area contributed by atoms with Crippen molar-refractivity contribution >= 4 is 0 Å². The zero-order valence-corrected chi connectivity index (χ0v) is 8.09. The molecule has 2 N–H and O–H groups in total. The van der Waals surface area contributed by atoms with Crippen LogP contribution in [0.15, 0.2) is 12.1 Å². The first-order valence-corrected chi connectivity index (χ1v) is 5.05. The van der Waals surface area contributed by atoms with Gasteiger partial charge in [-0.15, -0.1) is 0 Å². The molecule has 1 aliphatic carbocycles. The predicted molar refractivity (Wildman–Crippen MR) is 53.5 cm³/mol. The summed E-state index contributed by atoms with van der Waals surface area (Å²) in [5, 5.41) is 0. The molecular weight excluding hydrogens is 160 g/mol. The summed E-state index contributed by atoms with van der Waals surface area (Å²) in [4.78, 5) is 4.59. The highest BCUT2D eigenvalue weighted by atomic mass is 14.8. The van der Waals surface area contributed by atoms with Crippen molar-refractivity contribution in [3.05, 3.63) is 29.1 Å². The maximum absolute atomic E-state index is 6.01. The summed E-state index contributed by atoms with van der Waals surface area (Å²) in [5.41, 5.74) is 9.67. The van der Waals surface area contributed by atoms with E-state index in [0.29, 0.717) is 0 Å². The van der Waals surface area contributed by atoms with Gasteiger partial charge in [0.05, 0.1) is 5.69 Å². The number of aryl methyl sites for hydroxylation is 2. The molecule has 0 bridgehead atoms. The summed E-state index contributed by atoms with van der Waals surface area (Å²) in [6.07, 6.45) is 4.45. The van der Waals surface area contributed by atoms with E-state index in [9.17, 15) is 0 Å². The van der Waals surface area contributed by atoms with Crippen LogP contribution in [0.25, 0.3) is 0 Å². The third-order valence-electron chi connectivity index (χ3n) is 2.74. The molecule has 13 heavy (non-hydrogen) atoms. The molecule has 0 saturated carbocycles. The summed E-state index contributed by atoms with van der Waals surface area (Å²) in [7, 11) is 0. The van der Waals surface area contributed by atoms with Crippen LogP contribution in [0.3, 0.4) is 0 Å². The van der Waals surface area contributed by atoms with Crippen LogP contribution in [0.4, 0.5) is 0 Å². The first kappa shape index (κ1) is 8.70. The smallest absolute Gasteiger partial charge is 0.0606 e. The minimum absolute atomic E-state index is 0.176. The highest BCUT2D eigenvalue weighted by Crippen LogP contribution is 2.26. The van der Waals surface area contributed by atoms with E-state index in [4.69, 9.17) is 5.73 Å². The number of nitrogens with zero attached hydrogens (tertiary/aromatic N) is 1. The third kappa shape index (κ3) is 1.59. The monoisotopic (exact) mass is 176 g/mol. The summed E-state index contributed by atoms with van der Waals surface area (Å²) in [5.74, 6) is 0. The Balaban J connectivity index is 2.41. The van der Waals surface area contributed by atoms with Gasteiger partial charge in [-0.05, 0) is 37.3 Å². The third-order valence-corrected chi connectivity index (χ3v) is 2.74. The number of hydrogen-bond acceptors (Lipinski definition) is 2. The number of fused-ring (bicyclic) bond motifs is 1. The Labute approximate surface area is 79.2 Å². The van der Waals surface area contributed by atoms with Gasteiger partial charge >= 0.3 is 0 Å². The van der Waals surface area contributed by atoms with Gasteiger partial charge in [-0.2, -0.15) is 0 Å². The average molecular weight is 176 g/mol. The summed E-state index contributed by atoms with van der Waals surface area (Å²) in [6.45, 7) is 2.13. The SMILES string of the molecule is CCc1ccc2c(n1)C(N)CCC2. The number of pyridine rings is 1. The molecule has 2 nitrogen and oxygen atoms in total. The molecule has 70 valence electrons. The lowest BCUT2D eigenvalue weighted by Gasteiger charge is -2.21. The molecule has 0 saturated heterocycles. The Hall–Kier alpha value is -0.890. The highest BCUT2D eigenvalue weighted by Gasteiger charge is 2.17. The lowest BCUT2D eigenvalue weighted by molar-refractivity contribution is 0.551. The van der Waals surface area contributed by atoms with Gasteiger partial charge in [-0.25, -0.2) is 0 Å². The van der Waals surface area contributed by atoms with Crippen molar-refractivity contribution in [2.75, 3.05) is 0 Å². The molecule has 0 spiro atoms. The van der Waals surface area contributed by atoms with Gasteiger partial charge < -0.3 is 5.73 Å². The molecule has 0 aromatic carbocycles. The standard InChI is InChI=1S/C11H16N2/c1-2-9-7-6-8-4-3-5-10(12)11(8)13-9/h6-7,10H,2-5,12H2,1H3. The number of hydrogen-bond donors (Lipinski definition) is 1. The molecule has 1 heterocycles. The maximum atomic E-state index is 6.01. The number of rotatable bonds is 1.